The number of carbonyl (C=O) groups excluding carboxylic acids is 1. The molecule has 0 heterocycles. The first-order valence-electron chi connectivity index (χ1n) is 6.12. The van der Waals surface area contributed by atoms with Crippen molar-refractivity contribution in [2.45, 2.75) is 51.6 Å². The monoisotopic (exact) mass is 228 g/mol. The molecule has 1 atom stereocenters. The normalized spacial score (nSPS) is 19.6. The van der Waals surface area contributed by atoms with Crippen LogP contribution in [0.25, 0.3) is 0 Å². The average Bonchev–Trinajstić information content (AvgIpc) is 3.00. The summed E-state index contributed by atoms with van der Waals surface area (Å²) in [6, 6.07) is 0.140. The largest absolute Gasteiger partial charge is 0.396 e. The second kappa shape index (κ2) is 5.15. The van der Waals surface area contributed by atoms with Gasteiger partial charge in [0.2, 0.25) is 5.91 Å². The molecule has 1 aliphatic carbocycles. The molecule has 16 heavy (non-hydrogen) atoms. The lowest BCUT2D eigenvalue weighted by molar-refractivity contribution is -0.139. The van der Waals surface area contributed by atoms with E-state index in [-0.39, 0.29) is 18.6 Å². The molecule has 1 aliphatic rings. The van der Waals surface area contributed by atoms with Crippen LogP contribution < -0.4 is 5.73 Å². The summed E-state index contributed by atoms with van der Waals surface area (Å²) in [6.07, 6.45) is 2.74. The third-order valence-corrected chi connectivity index (χ3v) is 3.33. The summed E-state index contributed by atoms with van der Waals surface area (Å²) in [5, 5.41) is 8.83. The van der Waals surface area contributed by atoms with Gasteiger partial charge >= 0.3 is 0 Å². The Morgan fingerprint density at radius 2 is 2.12 bits per heavy atom. The van der Waals surface area contributed by atoms with Crippen molar-refractivity contribution in [2.75, 3.05) is 13.2 Å². The second-order valence-electron chi connectivity index (χ2n) is 5.23. The van der Waals surface area contributed by atoms with E-state index in [9.17, 15) is 4.79 Å². The van der Waals surface area contributed by atoms with Crippen LogP contribution >= 0.6 is 0 Å². The minimum absolute atomic E-state index is 0.0263. The summed E-state index contributed by atoms with van der Waals surface area (Å²) in [6.45, 7) is 6.51. The van der Waals surface area contributed by atoms with Gasteiger partial charge in [0.05, 0.1) is 5.54 Å². The van der Waals surface area contributed by atoms with Crippen LogP contribution in [0.4, 0.5) is 0 Å². The predicted octanol–water partition coefficient (Wildman–Crippen LogP) is 0.733. The van der Waals surface area contributed by atoms with Gasteiger partial charge in [0.25, 0.3) is 0 Å². The van der Waals surface area contributed by atoms with Crippen LogP contribution in [-0.2, 0) is 4.79 Å². The van der Waals surface area contributed by atoms with E-state index in [1.165, 1.54) is 0 Å². The Kier molecular flexibility index (Phi) is 4.33. The molecule has 4 heteroatoms. The Hall–Kier alpha value is -0.610. The number of nitrogens with zero attached hydrogens (tertiary/aromatic N) is 1. The highest BCUT2D eigenvalue weighted by atomic mass is 16.3. The number of hydrogen-bond acceptors (Lipinski definition) is 3. The molecule has 0 aromatic carbocycles. The lowest BCUT2D eigenvalue weighted by Gasteiger charge is -2.34. The molecule has 4 nitrogen and oxygen atoms in total. The van der Waals surface area contributed by atoms with Gasteiger partial charge in [0.15, 0.2) is 0 Å². The third kappa shape index (κ3) is 2.95. The number of amides is 1. The minimum atomic E-state index is -0.722. The zero-order valence-electron chi connectivity index (χ0n) is 10.6. The molecule has 0 radical (unpaired) electrons. The van der Waals surface area contributed by atoms with Crippen molar-refractivity contribution in [3.63, 3.8) is 0 Å². The molecule has 3 N–H and O–H groups in total. The number of carbonyl (C=O) groups is 1. The zero-order valence-corrected chi connectivity index (χ0v) is 10.6. The van der Waals surface area contributed by atoms with Gasteiger partial charge < -0.3 is 15.7 Å². The number of aliphatic hydroxyl groups excluding tert-OH is 1. The number of aliphatic hydroxyl groups is 1. The van der Waals surface area contributed by atoms with Crippen LogP contribution in [0.2, 0.25) is 0 Å². The Bertz CT molecular complexity index is 247. The van der Waals surface area contributed by atoms with Gasteiger partial charge in [-0.25, -0.2) is 0 Å². The van der Waals surface area contributed by atoms with Gasteiger partial charge in [0.1, 0.15) is 0 Å². The molecule has 0 spiro atoms. The van der Waals surface area contributed by atoms with Crippen LogP contribution in [0.15, 0.2) is 0 Å². The van der Waals surface area contributed by atoms with Crippen molar-refractivity contribution in [3.05, 3.63) is 0 Å². The molecule has 0 aromatic heterocycles. The molecule has 1 amide bonds. The van der Waals surface area contributed by atoms with E-state index in [2.05, 4.69) is 0 Å². The Morgan fingerprint density at radius 3 is 2.50 bits per heavy atom. The smallest absolute Gasteiger partial charge is 0.242 e. The Morgan fingerprint density at radius 1 is 1.56 bits per heavy atom. The van der Waals surface area contributed by atoms with Gasteiger partial charge in [-0.2, -0.15) is 0 Å². The Balaban J connectivity index is 2.65. The lowest BCUT2D eigenvalue weighted by Crippen LogP contribution is -2.56. The summed E-state index contributed by atoms with van der Waals surface area (Å²) in [7, 11) is 0. The van der Waals surface area contributed by atoms with E-state index in [0.717, 1.165) is 12.8 Å². The topological polar surface area (TPSA) is 66.6 Å². The van der Waals surface area contributed by atoms with E-state index < -0.39 is 5.54 Å². The lowest BCUT2D eigenvalue weighted by atomic mass is 9.94. The molecular weight excluding hydrogens is 204 g/mol. The van der Waals surface area contributed by atoms with Gasteiger partial charge in [0, 0.05) is 19.2 Å². The van der Waals surface area contributed by atoms with Gasteiger partial charge in [-0.05, 0) is 46.0 Å². The summed E-state index contributed by atoms with van der Waals surface area (Å²) in [4.78, 5) is 14.1. The third-order valence-electron chi connectivity index (χ3n) is 3.33. The first-order valence-corrected chi connectivity index (χ1v) is 6.12. The highest BCUT2D eigenvalue weighted by Crippen LogP contribution is 2.39. The van der Waals surface area contributed by atoms with Crippen LogP contribution in [0.3, 0.4) is 0 Å². The fraction of sp³-hybridized carbons (Fsp3) is 0.917. The van der Waals surface area contributed by atoms with E-state index in [1.54, 1.807) is 4.90 Å². The molecule has 1 unspecified atom stereocenters. The average molecular weight is 228 g/mol. The van der Waals surface area contributed by atoms with E-state index >= 15 is 0 Å². The van der Waals surface area contributed by atoms with Gasteiger partial charge in [-0.15, -0.1) is 0 Å². The minimum Gasteiger partial charge on any atom is -0.396 e. The van der Waals surface area contributed by atoms with E-state index in [1.807, 2.05) is 20.8 Å². The summed E-state index contributed by atoms with van der Waals surface area (Å²) < 4.78 is 0. The highest BCUT2D eigenvalue weighted by molar-refractivity contribution is 5.86. The van der Waals surface area contributed by atoms with Gasteiger partial charge in [-0.1, -0.05) is 0 Å². The number of rotatable bonds is 6. The number of hydrogen-bond donors (Lipinski definition) is 2. The molecule has 0 aromatic rings. The van der Waals surface area contributed by atoms with Crippen molar-refractivity contribution in [2.24, 2.45) is 11.7 Å². The quantitative estimate of drug-likeness (QED) is 0.704. The Labute approximate surface area is 97.8 Å². The maximum Gasteiger partial charge on any atom is 0.242 e. The van der Waals surface area contributed by atoms with Crippen molar-refractivity contribution in [3.8, 4) is 0 Å². The molecular formula is C12H24N2O2. The molecule has 94 valence electrons. The first-order chi connectivity index (χ1) is 7.41. The van der Waals surface area contributed by atoms with Crippen LogP contribution in [0, 0.1) is 5.92 Å². The fourth-order valence-corrected chi connectivity index (χ4v) is 2.00. The molecule has 0 saturated heterocycles. The molecule has 1 rings (SSSR count). The standard InChI is InChI=1S/C12H24N2O2/c1-9(2)14(7-4-8-15)11(16)12(3,13)10-5-6-10/h9-10,15H,4-8,13H2,1-3H3. The maximum atomic E-state index is 12.3. The molecule has 0 bridgehead atoms. The first kappa shape index (κ1) is 13.5. The van der Waals surface area contributed by atoms with Crippen molar-refractivity contribution < 1.29 is 9.90 Å². The molecule has 0 aliphatic heterocycles. The van der Waals surface area contributed by atoms with Crippen LogP contribution in [-0.4, -0.2) is 40.6 Å². The van der Waals surface area contributed by atoms with Gasteiger partial charge in [-0.3, -0.25) is 4.79 Å². The fourth-order valence-electron chi connectivity index (χ4n) is 2.00. The summed E-state index contributed by atoms with van der Waals surface area (Å²) in [5.41, 5.74) is 5.40. The SMILES string of the molecule is CC(C)N(CCCO)C(=O)C(C)(N)C1CC1. The van der Waals surface area contributed by atoms with E-state index in [4.69, 9.17) is 10.8 Å². The summed E-state index contributed by atoms with van der Waals surface area (Å²) >= 11 is 0. The predicted molar refractivity (Wildman–Crippen MR) is 63.9 cm³/mol. The molecule has 1 fully saturated rings. The van der Waals surface area contributed by atoms with Crippen molar-refractivity contribution in [1.82, 2.24) is 4.90 Å². The highest BCUT2D eigenvalue weighted by Gasteiger charge is 2.46. The summed E-state index contributed by atoms with van der Waals surface area (Å²) in [5.74, 6) is 0.369. The van der Waals surface area contributed by atoms with Crippen molar-refractivity contribution in [1.29, 1.82) is 0 Å². The zero-order chi connectivity index (χ0) is 12.3. The maximum absolute atomic E-state index is 12.3. The number of nitrogens with two attached hydrogens (primary N) is 1. The van der Waals surface area contributed by atoms with Crippen LogP contribution in [0.1, 0.15) is 40.0 Å². The van der Waals surface area contributed by atoms with Crippen molar-refractivity contribution >= 4 is 5.91 Å². The van der Waals surface area contributed by atoms with Crippen LogP contribution in [0.5, 0.6) is 0 Å². The second-order valence-corrected chi connectivity index (χ2v) is 5.23. The van der Waals surface area contributed by atoms with E-state index in [0.29, 0.717) is 18.9 Å². The molecule has 1 saturated carbocycles.